The number of nitrogens with one attached hydrogen (secondary N) is 2. The zero-order valence-electron chi connectivity index (χ0n) is 16.0. The van der Waals surface area contributed by atoms with Gasteiger partial charge in [-0.1, -0.05) is 41.9 Å². The van der Waals surface area contributed by atoms with Gasteiger partial charge in [-0.3, -0.25) is 9.59 Å². The molecule has 2 heterocycles. The lowest BCUT2D eigenvalue weighted by molar-refractivity contribution is -0.120. The molecule has 4 aromatic rings. The number of fused-ring (bicyclic) bond motifs is 1. The molecule has 0 aliphatic rings. The minimum absolute atomic E-state index is 0.134. The third kappa shape index (κ3) is 4.19. The van der Waals surface area contributed by atoms with Crippen LogP contribution in [0.3, 0.4) is 0 Å². The van der Waals surface area contributed by atoms with Crippen LogP contribution >= 0.6 is 22.9 Å². The van der Waals surface area contributed by atoms with E-state index in [1.165, 1.54) is 17.7 Å². The molecule has 0 spiro atoms. The molecule has 9 heteroatoms. The first-order valence-electron chi connectivity index (χ1n) is 9.22. The second-order valence-electron chi connectivity index (χ2n) is 6.64. The molecule has 0 unspecified atom stereocenters. The molecular formula is C21H18ClN5O2S. The van der Waals surface area contributed by atoms with Crippen LogP contribution < -0.4 is 10.6 Å². The zero-order chi connectivity index (χ0) is 21.1. The first-order chi connectivity index (χ1) is 14.5. The van der Waals surface area contributed by atoms with Gasteiger partial charge < -0.3 is 10.6 Å². The Morgan fingerprint density at radius 3 is 2.63 bits per heavy atom. The Kier molecular flexibility index (Phi) is 5.78. The van der Waals surface area contributed by atoms with Crippen LogP contribution in [-0.4, -0.2) is 33.1 Å². The smallest absolute Gasteiger partial charge is 0.263 e. The van der Waals surface area contributed by atoms with E-state index in [2.05, 4.69) is 20.7 Å². The largest absolute Gasteiger partial charge is 0.348 e. The van der Waals surface area contributed by atoms with E-state index in [9.17, 15) is 9.59 Å². The summed E-state index contributed by atoms with van der Waals surface area (Å²) in [5.74, 6) is -0.644. The summed E-state index contributed by atoms with van der Waals surface area (Å²) in [6.45, 7) is 1.75. The molecule has 7 nitrogen and oxygen atoms in total. The fourth-order valence-corrected chi connectivity index (χ4v) is 4.47. The SMILES string of the molecule is C[C@@H](NC(=O)CNC(=O)c1sc2ccccc2c1Cl)c1ccc(-n2cncn2)cc1. The summed E-state index contributed by atoms with van der Waals surface area (Å²) >= 11 is 7.63. The van der Waals surface area contributed by atoms with Gasteiger partial charge in [-0.15, -0.1) is 11.3 Å². The highest BCUT2D eigenvalue weighted by Crippen LogP contribution is 2.34. The Morgan fingerprint density at radius 2 is 1.93 bits per heavy atom. The first-order valence-corrected chi connectivity index (χ1v) is 10.4. The van der Waals surface area contributed by atoms with Gasteiger partial charge in [-0.05, 0) is 30.7 Å². The third-order valence-corrected chi connectivity index (χ3v) is 6.28. The van der Waals surface area contributed by atoms with Crippen molar-refractivity contribution in [1.82, 2.24) is 25.4 Å². The van der Waals surface area contributed by atoms with Gasteiger partial charge in [0.1, 0.15) is 17.5 Å². The Balaban J connectivity index is 1.33. The summed E-state index contributed by atoms with van der Waals surface area (Å²) in [7, 11) is 0. The second kappa shape index (κ2) is 8.64. The number of carbonyl (C=O) groups excluding carboxylic acids is 2. The number of nitrogens with zero attached hydrogens (tertiary/aromatic N) is 3. The minimum atomic E-state index is -0.360. The number of carbonyl (C=O) groups is 2. The highest BCUT2D eigenvalue weighted by molar-refractivity contribution is 7.21. The van der Waals surface area contributed by atoms with Crippen molar-refractivity contribution in [2.45, 2.75) is 13.0 Å². The van der Waals surface area contributed by atoms with Crippen LogP contribution in [0.25, 0.3) is 15.8 Å². The molecule has 4 rings (SSSR count). The molecule has 2 aromatic carbocycles. The molecule has 1 atom stereocenters. The average Bonchev–Trinajstić information content (AvgIpc) is 3.41. The quantitative estimate of drug-likeness (QED) is 0.479. The van der Waals surface area contributed by atoms with Crippen molar-refractivity contribution in [3.8, 4) is 5.69 Å². The molecule has 30 heavy (non-hydrogen) atoms. The summed E-state index contributed by atoms with van der Waals surface area (Å²) in [6.07, 6.45) is 3.09. The van der Waals surface area contributed by atoms with Crippen molar-refractivity contribution < 1.29 is 9.59 Å². The molecule has 2 amide bonds. The highest BCUT2D eigenvalue weighted by Gasteiger charge is 2.18. The third-order valence-electron chi connectivity index (χ3n) is 4.60. The molecular weight excluding hydrogens is 422 g/mol. The van der Waals surface area contributed by atoms with Crippen LogP contribution in [-0.2, 0) is 4.79 Å². The number of hydrogen-bond acceptors (Lipinski definition) is 5. The maximum atomic E-state index is 12.5. The van der Waals surface area contributed by atoms with Crippen molar-refractivity contribution in [1.29, 1.82) is 0 Å². The van der Waals surface area contributed by atoms with Crippen LogP contribution in [0.1, 0.15) is 28.2 Å². The molecule has 2 N–H and O–H groups in total. The van der Waals surface area contributed by atoms with Gasteiger partial charge in [0.25, 0.3) is 5.91 Å². The predicted octanol–water partition coefficient (Wildman–Crippen LogP) is 3.74. The van der Waals surface area contributed by atoms with Crippen molar-refractivity contribution in [2.75, 3.05) is 6.54 Å². The average molecular weight is 440 g/mol. The Bertz CT molecular complexity index is 1190. The van der Waals surface area contributed by atoms with Crippen molar-refractivity contribution >= 4 is 44.8 Å². The monoisotopic (exact) mass is 439 g/mol. The fraction of sp³-hybridized carbons (Fsp3) is 0.143. The molecule has 0 radical (unpaired) electrons. The Morgan fingerprint density at radius 1 is 1.17 bits per heavy atom. The van der Waals surface area contributed by atoms with E-state index in [0.717, 1.165) is 21.3 Å². The number of hydrogen-bond donors (Lipinski definition) is 2. The minimum Gasteiger partial charge on any atom is -0.348 e. The van der Waals surface area contributed by atoms with Gasteiger partial charge in [0, 0.05) is 10.1 Å². The van der Waals surface area contributed by atoms with Crippen molar-refractivity contribution in [3.63, 3.8) is 0 Å². The molecule has 0 bridgehead atoms. The zero-order valence-corrected chi connectivity index (χ0v) is 17.6. The molecule has 0 aliphatic heterocycles. The Hall–Kier alpha value is -3.23. The van der Waals surface area contributed by atoms with Gasteiger partial charge in [0.2, 0.25) is 5.91 Å². The van der Waals surface area contributed by atoms with Crippen molar-refractivity contribution in [2.24, 2.45) is 0 Å². The fourth-order valence-electron chi connectivity index (χ4n) is 3.03. The van der Waals surface area contributed by atoms with Crippen LogP contribution in [0, 0.1) is 0 Å². The van der Waals surface area contributed by atoms with E-state index in [4.69, 9.17) is 11.6 Å². The van der Waals surface area contributed by atoms with Crippen LogP contribution in [0.2, 0.25) is 5.02 Å². The number of thiophene rings is 1. The molecule has 152 valence electrons. The van der Waals surface area contributed by atoms with E-state index in [-0.39, 0.29) is 24.4 Å². The first kappa shape index (κ1) is 20.1. The topological polar surface area (TPSA) is 88.9 Å². The van der Waals surface area contributed by atoms with E-state index >= 15 is 0 Å². The lowest BCUT2D eigenvalue weighted by Crippen LogP contribution is -2.37. The van der Waals surface area contributed by atoms with Crippen LogP contribution in [0.5, 0.6) is 0 Å². The summed E-state index contributed by atoms with van der Waals surface area (Å²) in [5.41, 5.74) is 1.81. The maximum Gasteiger partial charge on any atom is 0.263 e. The molecule has 0 aliphatic carbocycles. The molecule has 2 aromatic heterocycles. The summed E-state index contributed by atoms with van der Waals surface area (Å²) in [4.78, 5) is 29.1. The standard InChI is InChI=1S/C21H18ClN5O2S/c1-13(14-6-8-15(9-7-14)27-12-23-11-25-27)26-18(28)10-24-21(29)20-19(22)16-4-2-3-5-17(16)30-20/h2-9,11-13H,10H2,1H3,(H,24,29)(H,26,28)/t13-/m1/s1. The Labute approximate surface area is 181 Å². The number of aromatic nitrogens is 3. The lowest BCUT2D eigenvalue weighted by Gasteiger charge is -2.15. The van der Waals surface area contributed by atoms with Gasteiger partial charge in [0.05, 0.1) is 23.3 Å². The van der Waals surface area contributed by atoms with Gasteiger partial charge >= 0.3 is 0 Å². The summed E-state index contributed by atoms with van der Waals surface area (Å²) in [5, 5.41) is 10.9. The van der Waals surface area contributed by atoms with Crippen LogP contribution in [0.15, 0.2) is 61.2 Å². The van der Waals surface area contributed by atoms with E-state index in [1.54, 1.807) is 11.0 Å². The van der Waals surface area contributed by atoms with Crippen molar-refractivity contribution in [3.05, 3.63) is 76.6 Å². The molecule has 0 saturated carbocycles. The lowest BCUT2D eigenvalue weighted by atomic mass is 10.1. The van der Waals surface area contributed by atoms with E-state index < -0.39 is 0 Å². The summed E-state index contributed by atoms with van der Waals surface area (Å²) in [6, 6.07) is 15.0. The maximum absolute atomic E-state index is 12.5. The number of rotatable bonds is 6. The number of amides is 2. The normalized spacial score (nSPS) is 11.9. The summed E-state index contributed by atoms with van der Waals surface area (Å²) < 4.78 is 2.59. The predicted molar refractivity (Wildman–Crippen MR) is 117 cm³/mol. The number of benzene rings is 2. The second-order valence-corrected chi connectivity index (χ2v) is 8.07. The van der Waals surface area contributed by atoms with Gasteiger partial charge in [-0.2, -0.15) is 5.10 Å². The molecule has 0 saturated heterocycles. The molecule has 0 fully saturated rings. The van der Waals surface area contributed by atoms with Gasteiger partial charge in [0.15, 0.2) is 0 Å². The van der Waals surface area contributed by atoms with Crippen LogP contribution in [0.4, 0.5) is 0 Å². The van der Waals surface area contributed by atoms with E-state index in [0.29, 0.717) is 9.90 Å². The highest BCUT2D eigenvalue weighted by atomic mass is 35.5. The number of halogens is 1. The van der Waals surface area contributed by atoms with E-state index in [1.807, 2.05) is 55.5 Å². The van der Waals surface area contributed by atoms with Gasteiger partial charge in [-0.25, -0.2) is 9.67 Å².